The number of sulfonamides is 1. The Morgan fingerprint density at radius 3 is 2.17 bits per heavy atom. The molecule has 2 heterocycles. The van der Waals surface area contributed by atoms with Gasteiger partial charge in [0.05, 0.1) is 12.4 Å². The molecule has 0 radical (unpaired) electrons. The third kappa shape index (κ3) is 1.16. The highest BCUT2D eigenvalue weighted by Crippen LogP contribution is 2.40. The first-order valence-corrected chi connectivity index (χ1v) is 5.96. The SMILES string of the molecule is CS(=O)(=O)N1C[C@H]2C[C@@H](C1)C2O. The Bertz CT molecular complexity index is 275. The number of aliphatic hydroxyl groups is 1. The normalized spacial score (nSPS) is 42.3. The number of nitrogens with zero attached hydrogens (tertiary/aromatic N) is 1. The van der Waals surface area contributed by atoms with E-state index in [4.69, 9.17) is 0 Å². The fourth-order valence-electron chi connectivity index (χ4n) is 2.09. The lowest BCUT2D eigenvalue weighted by molar-refractivity contribution is -0.0864. The van der Waals surface area contributed by atoms with Crippen molar-refractivity contribution in [2.75, 3.05) is 19.3 Å². The first kappa shape index (κ1) is 8.47. The van der Waals surface area contributed by atoms with E-state index in [1.807, 2.05) is 0 Å². The lowest BCUT2D eigenvalue weighted by Crippen LogP contribution is -2.59. The molecule has 0 aromatic carbocycles. The van der Waals surface area contributed by atoms with Gasteiger partial charge < -0.3 is 5.11 Å². The standard InChI is InChI=1S/C7H13NO3S/c1-12(10,11)8-3-5-2-6(4-8)7(5)9/h5-7,9H,2-4H2,1H3/t5-,6+,7?. The molecule has 1 unspecified atom stereocenters. The van der Waals surface area contributed by atoms with Gasteiger partial charge in [0.2, 0.25) is 10.0 Å². The number of piperidine rings is 2. The van der Waals surface area contributed by atoms with Gasteiger partial charge in [-0.05, 0) is 18.3 Å². The van der Waals surface area contributed by atoms with E-state index in [9.17, 15) is 13.5 Å². The van der Waals surface area contributed by atoms with Crippen molar-refractivity contribution in [1.82, 2.24) is 4.31 Å². The summed E-state index contributed by atoms with van der Waals surface area (Å²) in [4.78, 5) is 0. The van der Waals surface area contributed by atoms with Crippen LogP contribution in [0.3, 0.4) is 0 Å². The van der Waals surface area contributed by atoms with Crippen LogP contribution in [-0.2, 0) is 10.0 Å². The van der Waals surface area contributed by atoms with Gasteiger partial charge >= 0.3 is 0 Å². The minimum absolute atomic E-state index is 0.193. The molecule has 1 saturated carbocycles. The molecule has 3 rings (SSSR count). The summed E-state index contributed by atoms with van der Waals surface area (Å²) in [7, 11) is -3.03. The average molecular weight is 191 g/mol. The van der Waals surface area contributed by atoms with Crippen LogP contribution in [0.4, 0.5) is 0 Å². The van der Waals surface area contributed by atoms with Crippen molar-refractivity contribution in [3.63, 3.8) is 0 Å². The van der Waals surface area contributed by atoms with Gasteiger partial charge in [-0.2, -0.15) is 0 Å². The maximum absolute atomic E-state index is 11.1. The Hall–Kier alpha value is -0.130. The van der Waals surface area contributed by atoms with E-state index in [0.29, 0.717) is 13.1 Å². The molecule has 2 saturated heterocycles. The Balaban J connectivity index is 2.09. The Kier molecular flexibility index (Phi) is 1.72. The monoisotopic (exact) mass is 191 g/mol. The predicted molar refractivity (Wildman–Crippen MR) is 44.0 cm³/mol. The summed E-state index contributed by atoms with van der Waals surface area (Å²) in [5.41, 5.74) is 0. The van der Waals surface area contributed by atoms with E-state index in [-0.39, 0.29) is 17.9 Å². The molecular weight excluding hydrogens is 178 g/mol. The second kappa shape index (κ2) is 2.43. The molecule has 0 spiro atoms. The van der Waals surface area contributed by atoms with Crippen LogP contribution in [0.1, 0.15) is 6.42 Å². The molecule has 0 aromatic heterocycles. The lowest BCUT2D eigenvalue weighted by atomic mass is 9.69. The van der Waals surface area contributed by atoms with Gasteiger partial charge in [-0.3, -0.25) is 0 Å². The molecule has 12 heavy (non-hydrogen) atoms. The first-order chi connectivity index (χ1) is 5.48. The summed E-state index contributed by atoms with van der Waals surface area (Å²) in [6.07, 6.45) is 1.97. The zero-order chi connectivity index (χ0) is 8.93. The van der Waals surface area contributed by atoms with Gasteiger partial charge in [-0.25, -0.2) is 12.7 Å². The highest BCUT2D eigenvalue weighted by atomic mass is 32.2. The van der Waals surface area contributed by atoms with Crippen LogP contribution in [0.5, 0.6) is 0 Å². The summed E-state index contributed by atoms with van der Waals surface area (Å²) < 4.78 is 23.7. The smallest absolute Gasteiger partial charge is 0.211 e. The van der Waals surface area contributed by atoms with Gasteiger partial charge in [0, 0.05) is 13.1 Å². The summed E-state index contributed by atoms with van der Waals surface area (Å²) in [5, 5.41) is 9.39. The van der Waals surface area contributed by atoms with Gasteiger partial charge in [0.1, 0.15) is 0 Å². The van der Waals surface area contributed by atoms with Crippen molar-refractivity contribution < 1.29 is 13.5 Å². The van der Waals surface area contributed by atoms with Crippen LogP contribution in [-0.4, -0.2) is 43.3 Å². The van der Waals surface area contributed by atoms with Gasteiger partial charge in [-0.15, -0.1) is 0 Å². The third-order valence-electron chi connectivity index (χ3n) is 2.92. The van der Waals surface area contributed by atoms with E-state index < -0.39 is 10.0 Å². The van der Waals surface area contributed by atoms with Crippen LogP contribution in [0, 0.1) is 11.8 Å². The van der Waals surface area contributed by atoms with E-state index in [0.717, 1.165) is 6.42 Å². The fourth-order valence-corrected chi connectivity index (χ4v) is 3.01. The summed E-state index contributed by atoms with van der Waals surface area (Å²) in [5.74, 6) is 0.386. The summed E-state index contributed by atoms with van der Waals surface area (Å²) in [6, 6.07) is 0. The molecule has 1 aliphatic carbocycles. The number of aliphatic hydroxyl groups excluding tert-OH is 1. The molecule has 3 fully saturated rings. The van der Waals surface area contributed by atoms with E-state index in [2.05, 4.69) is 0 Å². The molecule has 5 heteroatoms. The molecule has 1 N–H and O–H groups in total. The molecule has 2 bridgehead atoms. The largest absolute Gasteiger partial charge is 0.392 e. The molecule has 0 aromatic rings. The van der Waals surface area contributed by atoms with Gasteiger partial charge in [0.25, 0.3) is 0 Å². The van der Waals surface area contributed by atoms with Gasteiger partial charge in [0.15, 0.2) is 0 Å². The number of rotatable bonds is 1. The Morgan fingerprint density at radius 1 is 1.33 bits per heavy atom. The Morgan fingerprint density at radius 2 is 1.83 bits per heavy atom. The Labute approximate surface area is 72.2 Å². The second-order valence-corrected chi connectivity index (χ2v) is 5.81. The summed E-state index contributed by atoms with van der Waals surface area (Å²) in [6.45, 7) is 1.02. The van der Waals surface area contributed by atoms with Crippen LogP contribution in [0.25, 0.3) is 0 Å². The molecule has 70 valence electrons. The third-order valence-corrected chi connectivity index (χ3v) is 4.15. The lowest BCUT2D eigenvalue weighted by Gasteiger charge is -2.50. The quantitative estimate of drug-likeness (QED) is 0.594. The molecule has 3 atom stereocenters. The number of hydrogen-bond donors (Lipinski definition) is 1. The number of fused-ring (bicyclic) bond motifs is 2. The average Bonchev–Trinajstić information content (AvgIpc) is 2.02. The maximum Gasteiger partial charge on any atom is 0.211 e. The van der Waals surface area contributed by atoms with Crippen molar-refractivity contribution in [2.45, 2.75) is 12.5 Å². The topological polar surface area (TPSA) is 57.6 Å². The van der Waals surface area contributed by atoms with Crippen LogP contribution < -0.4 is 0 Å². The maximum atomic E-state index is 11.1. The van der Waals surface area contributed by atoms with Crippen molar-refractivity contribution in [1.29, 1.82) is 0 Å². The molecule has 2 aliphatic heterocycles. The van der Waals surface area contributed by atoms with Crippen molar-refractivity contribution in [3.05, 3.63) is 0 Å². The first-order valence-electron chi connectivity index (χ1n) is 4.11. The molecular formula is C7H13NO3S. The highest BCUT2D eigenvalue weighted by Gasteiger charge is 2.47. The van der Waals surface area contributed by atoms with Crippen LogP contribution >= 0.6 is 0 Å². The predicted octanol–water partition coefficient (Wildman–Crippen LogP) is -0.741. The zero-order valence-corrected chi connectivity index (χ0v) is 7.79. The van der Waals surface area contributed by atoms with Crippen molar-refractivity contribution in [3.8, 4) is 0 Å². The number of hydrogen-bond acceptors (Lipinski definition) is 3. The molecule has 0 amide bonds. The van der Waals surface area contributed by atoms with Gasteiger partial charge in [-0.1, -0.05) is 0 Å². The minimum atomic E-state index is -3.03. The van der Waals surface area contributed by atoms with Crippen molar-refractivity contribution >= 4 is 10.0 Å². The molecule has 3 aliphatic rings. The highest BCUT2D eigenvalue weighted by molar-refractivity contribution is 7.88. The molecule has 4 nitrogen and oxygen atoms in total. The minimum Gasteiger partial charge on any atom is -0.392 e. The zero-order valence-electron chi connectivity index (χ0n) is 6.97. The fraction of sp³-hybridized carbons (Fsp3) is 1.00. The second-order valence-electron chi connectivity index (χ2n) is 3.83. The summed E-state index contributed by atoms with van der Waals surface area (Å²) >= 11 is 0. The van der Waals surface area contributed by atoms with Crippen LogP contribution in [0.15, 0.2) is 0 Å². The van der Waals surface area contributed by atoms with E-state index in [1.165, 1.54) is 10.6 Å². The van der Waals surface area contributed by atoms with Crippen molar-refractivity contribution in [2.24, 2.45) is 11.8 Å². The van der Waals surface area contributed by atoms with E-state index >= 15 is 0 Å². The van der Waals surface area contributed by atoms with E-state index in [1.54, 1.807) is 0 Å². The van der Waals surface area contributed by atoms with Crippen LogP contribution in [0.2, 0.25) is 0 Å².